The van der Waals surface area contributed by atoms with Crippen LogP contribution in [0, 0.1) is 11.2 Å². The number of halogens is 1. The number of fused-ring (bicyclic) bond motifs is 1. The number of pyridine rings is 1. The fourth-order valence-corrected chi connectivity index (χ4v) is 2.92. The topological polar surface area (TPSA) is 38.0 Å². The Morgan fingerprint density at radius 2 is 2.21 bits per heavy atom. The highest BCUT2D eigenvalue weighted by molar-refractivity contribution is 5.40. The molecule has 19 heavy (non-hydrogen) atoms. The van der Waals surface area contributed by atoms with Gasteiger partial charge in [0.1, 0.15) is 0 Å². The van der Waals surface area contributed by atoms with Gasteiger partial charge >= 0.3 is 0 Å². The van der Waals surface area contributed by atoms with Gasteiger partial charge in [0.05, 0.1) is 18.0 Å². The van der Waals surface area contributed by atoms with Crippen LogP contribution in [0.15, 0.2) is 30.7 Å². The van der Waals surface area contributed by atoms with Crippen molar-refractivity contribution < 1.29 is 9.50 Å². The molecule has 0 spiro atoms. The monoisotopic (exact) mass is 260 g/mol. The Morgan fingerprint density at radius 3 is 2.95 bits per heavy atom. The highest BCUT2D eigenvalue weighted by Crippen LogP contribution is 2.41. The quantitative estimate of drug-likeness (QED) is 0.856. The van der Waals surface area contributed by atoms with Crippen LogP contribution >= 0.6 is 0 Å². The number of rotatable bonds is 1. The van der Waals surface area contributed by atoms with Crippen LogP contribution in [0.5, 0.6) is 0 Å². The molecule has 100 valence electrons. The Hall–Kier alpha value is -1.68. The Labute approximate surface area is 111 Å². The number of aliphatic hydroxyl groups is 1. The van der Waals surface area contributed by atoms with E-state index in [0.29, 0.717) is 5.69 Å². The predicted molar refractivity (Wildman–Crippen MR) is 70.6 cm³/mol. The summed E-state index contributed by atoms with van der Waals surface area (Å²) in [5.41, 5.74) is 2.41. The summed E-state index contributed by atoms with van der Waals surface area (Å²) in [6, 6.07) is 3.54. The van der Waals surface area contributed by atoms with Gasteiger partial charge in [-0.25, -0.2) is 4.39 Å². The van der Waals surface area contributed by atoms with Gasteiger partial charge < -0.3 is 9.67 Å². The van der Waals surface area contributed by atoms with E-state index in [1.807, 2.05) is 16.8 Å². The number of nitrogens with zero attached hydrogens (tertiary/aromatic N) is 2. The van der Waals surface area contributed by atoms with Crippen LogP contribution in [0.25, 0.3) is 5.69 Å². The SMILES string of the molecule is CC1(C)Cc2c(ccn2-c2ccncc2F)C(O)C1. The number of hydrogen-bond donors (Lipinski definition) is 1. The first-order chi connectivity index (χ1) is 8.98. The maximum Gasteiger partial charge on any atom is 0.165 e. The number of aromatic nitrogens is 2. The summed E-state index contributed by atoms with van der Waals surface area (Å²) in [6.45, 7) is 4.25. The highest BCUT2D eigenvalue weighted by Gasteiger charge is 2.33. The van der Waals surface area contributed by atoms with E-state index >= 15 is 0 Å². The van der Waals surface area contributed by atoms with Crippen molar-refractivity contribution in [3.8, 4) is 5.69 Å². The zero-order valence-corrected chi connectivity index (χ0v) is 11.1. The Balaban J connectivity index is 2.14. The van der Waals surface area contributed by atoms with Crippen molar-refractivity contribution >= 4 is 0 Å². The van der Waals surface area contributed by atoms with Crippen LogP contribution in [0.1, 0.15) is 37.6 Å². The zero-order valence-electron chi connectivity index (χ0n) is 11.1. The average molecular weight is 260 g/mol. The van der Waals surface area contributed by atoms with Gasteiger partial charge in [-0.1, -0.05) is 13.8 Å². The van der Waals surface area contributed by atoms with Crippen LogP contribution in [0.2, 0.25) is 0 Å². The molecule has 0 aromatic carbocycles. The Morgan fingerprint density at radius 1 is 1.42 bits per heavy atom. The maximum atomic E-state index is 13.9. The molecule has 4 heteroatoms. The van der Waals surface area contributed by atoms with Crippen molar-refractivity contribution in [3.63, 3.8) is 0 Å². The first kappa shape index (κ1) is 12.4. The standard InChI is InChI=1S/C15H17FN2O/c1-15(2)7-13-10(14(19)8-15)4-6-18(13)12-3-5-17-9-11(12)16/h3-6,9,14,19H,7-8H2,1-2H3. The van der Waals surface area contributed by atoms with Crippen LogP contribution < -0.4 is 0 Å². The molecule has 0 saturated heterocycles. The molecular weight excluding hydrogens is 243 g/mol. The van der Waals surface area contributed by atoms with E-state index in [0.717, 1.165) is 24.1 Å². The minimum absolute atomic E-state index is 0.0199. The molecule has 0 amide bonds. The molecule has 1 aliphatic carbocycles. The average Bonchev–Trinajstić information content (AvgIpc) is 2.72. The maximum absolute atomic E-state index is 13.9. The zero-order chi connectivity index (χ0) is 13.6. The van der Waals surface area contributed by atoms with Gasteiger partial charge in [-0.3, -0.25) is 4.98 Å². The summed E-state index contributed by atoms with van der Waals surface area (Å²) >= 11 is 0. The van der Waals surface area contributed by atoms with Gasteiger partial charge in [0.15, 0.2) is 5.82 Å². The fraction of sp³-hybridized carbons (Fsp3) is 0.400. The lowest BCUT2D eigenvalue weighted by atomic mass is 9.75. The van der Waals surface area contributed by atoms with Crippen molar-refractivity contribution in [1.82, 2.24) is 9.55 Å². The van der Waals surface area contributed by atoms with Gasteiger partial charge in [-0.15, -0.1) is 0 Å². The van der Waals surface area contributed by atoms with Gasteiger partial charge in [-0.2, -0.15) is 0 Å². The Bertz CT molecular complexity index is 618. The fourth-order valence-electron chi connectivity index (χ4n) is 2.92. The number of aliphatic hydroxyl groups excluding tert-OH is 1. The van der Waals surface area contributed by atoms with E-state index in [9.17, 15) is 9.50 Å². The lowest BCUT2D eigenvalue weighted by Crippen LogP contribution is -2.26. The summed E-state index contributed by atoms with van der Waals surface area (Å²) in [7, 11) is 0. The van der Waals surface area contributed by atoms with Gasteiger partial charge in [0.25, 0.3) is 0 Å². The minimum atomic E-state index is -0.468. The molecule has 1 atom stereocenters. The van der Waals surface area contributed by atoms with Crippen molar-refractivity contribution in [3.05, 3.63) is 47.8 Å². The normalized spacial score (nSPS) is 21.2. The van der Waals surface area contributed by atoms with Crippen LogP contribution in [-0.2, 0) is 6.42 Å². The second kappa shape index (κ2) is 4.17. The third-order valence-corrected chi connectivity index (χ3v) is 3.79. The minimum Gasteiger partial charge on any atom is -0.388 e. The Kier molecular flexibility index (Phi) is 2.71. The van der Waals surface area contributed by atoms with E-state index in [1.54, 1.807) is 12.3 Å². The molecule has 3 rings (SSSR count). The number of hydrogen-bond acceptors (Lipinski definition) is 2. The summed E-state index contributed by atoms with van der Waals surface area (Å²) in [4.78, 5) is 3.77. The molecule has 1 unspecified atom stereocenters. The molecule has 0 fully saturated rings. The molecule has 3 nitrogen and oxygen atoms in total. The highest BCUT2D eigenvalue weighted by atomic mass is 19.1. The van der Waals surface area contributed by atoms with Crippen molar-refractivity contribution in [2.75, 3.05) is 0 Å². The second-order valence-electron chi connectivity index (χ2n) is 5.98. The lowest BCUT2D eigenvalue weighted by molar-refractivity contribution is 0.0986. The summed E-state index contributed by atoms with van der Waals surface area (Å²) in [5.74, 6) is -0.348. The molecule has 1 aliphatic rings. The first-order valence-corrected chi connectivity index (χ1v) is 6.46. The van der Waals surface area contributed by atoms with Gasteiger partial charge in [0, 0.05) is 23.7 Å². The summed E-state index contributed by atoms with van der Waals surface area (Å²) < 4.78 is 15.7. The smallest absolute Gasteiger partial charge is 0.165 e. The third kappa shape index (κ3) is 2.06. The predicted octanol–water partition coefficient (Wildman–Crippen LogP) is 3.02. The molecule has 1 N–H and O–H groups in total. The summed E-state index contributed by atoms with van der Waals surface area (Å²) in [6.07, 6.45) is 5.72. The lowest BCUT2D eigenvalue weighted by Gasteiger charge is -2.33. The van der Waals surface area contributed by atoms with Crippen LogP contribution in [-0.4, -0.2) is 14.7 Å². The van der Waals surface area contributed by atoms with Crippen molar-refractivity contribution in [1.29, 1.82) is 0 Å². The summed E-state index contributed by atoms with van der Waals surface area (Å²) in [5, 5.41) is 10.2. The van der Waals surface area contributed by atoms with E-state index in [4.69, 9.17) is 0 Å². The van der Waals surface area contributed by atoms with Gasteiger partial charge in [0.2, 0.25) is 0 Å². The van der Waals surface area contributed by atoms with Crippen molar-refractivity contribution in [2.45, 2.75) is 32.8 Å². The van der Waals surface area contributed by atoms with E-state index in [-0.39, 0.29) is 11.2 Å². The van der Waals surface area contributed by atoms with E-state index in [2.05, 4.69) is 18.8 Å². The molecule has 2 aromatic rings. The molecule has 0 aliphatic heterocycles. The molecule has 0 radical (unpaired) electrons. The largest absolute Gasteiger partial charge is 0.388 e. The second-order valence-corrected chi connectivity index (χ2v) is 5.98. The molecular formula is C15H17FN2O. The van der Waals surface area contributed by atoms with Crippen LogP contribution in [0.3, 0.4) is 0 Å². The van der Waals surface area contributed by atoms with E-state index < -0.39 is 6.10 Å². The molecule has 2 heterocycles. The first-order valence-electron chi connectivity index (χ1n) is 6.46. The third-order valence-electron chi connectivity index (χ3n) is 3.79. The molecule has 0 saturated carbocycles. The molecule has 2 aromatic heterocycles. The van der Waals surface area contributed by atoms with Crippen LogP contribution in [0.4, 0.5) is 4.39 Å². The van der Waals surface area contributed by atoms with Gasteiger partial charge in [-0.05, 0) is 30.4 Å². The molecule has 0 bridgehead atoms. The van der Waals surface area contributed by atoms with Crippen molar-refractivity contribution in [2.24, 2.45) is 5.41 Å². The van der Waals surface area contributed by atoms with E-state index in [1.165, 1.54) is 6.20 Å².